The monoisotopic (exact) mass is 484 g/mol. The molecule has 0 bridgehead atoms. The summed E-state index contributed by atoms with van der Waals surface area (Å²) in [6.45, 7) is 4.99. The second kappa shape index (κ2) is 11.9. The smallest absolute Gasteiger partial charge is 0.191 e. The molecule has 2 saturated heterocycles. The standard InChI is InChI=1S/C27H40N4O2S/c1-32-24-10-5-9-22(17-24)18-30-14-12-23(13-15-30)26-28-29-27(31(26)19-25-11-6-16-33-25)34-20-21-7-3-2-4-8-21/h5,9-10,17,21,23,25H,2-4,6-8,11-16,18-20H2,1H3/t25-/m1/s1. The minimum atomic E-state index is 0.317. The van der Waals surface area contributed by atoms with Crippen LogP contribution in [-0.2, 0) is 17.8 Å². The van der Waals surface area contributed by atoms with Gasteiger partial charge in [-0.3, -0.25) is 4.90 Å². The van der Waals surface area contributed by atoms with Gasteiger partial charge < -0.3 is 14.0 Å². The highest BCUT2D eigenvalue weighted by atomic mass is 32.2. The molecule has 34 heavy (non-hydrogen) atoms. The van der Waals surface area contributed by atoms with Crippen molar-refractivity contribution in [1.29, 1.82) is 0 Å². The summed E-state index contributed by atoms with van der Waals surface area (Å²) in [6.07, 6.45) is 11.9. The van der Waals surface area contributed by atoms with Crippen molar-refractivity contribution in [2.45, 2.75) is 88.1 Å². The van der Waals surface area contributed by atoms with Crippen molar-refractivity contribution in [1.82, 2.24) is 19.7 Å². The van der Waals surface area contributed by atoms with E-state index in [0.717, 1.165) is 68.9 Å². The topological polar surface area (TPSA) is 52.4 Å². The fraction of sp³-hybridized carbons (Fsp3) is 0.704. The molecule has 0 spiro atoms. The lowest BCUT2D eigenvalue weighted by atomic mass is 9.91. The molecule has 3 fully saturated rings. The zero-order valence-corrected chi connectivity index (χ0v) is 21.5. The highest BCUT2D eigenvalue weighted by molar-refractivity contribution is 7.99. The lowest BCUT2D eigenvalue weighted by molar-refractivity contribution is 0.0931. The van der Waals surface area contributed by atoms with Crippen LogP contribution in [-0.4, -0.2) is 58.3 Å². The van der Waals surface area contributed by atoms with E-state index in [1.54, 1.807) is 7.11 Å². The van der Waals surface area contributed by atoms with E-state index in [-0.39, 0.29) is 0 Å². The minimum absolute atomic E-state index is 0.317. The molecular formula is C27H40N4O2S. The minimum Gasteiger partial charge on any atom is -0.497 e. The molecule has 0 N–H and O–H groups in total. The Morgan fingerprint density at radius 2 is 1.88 bits per heavy atom. The normalized spacial score (nSPS) is 22.9. The van der Waals surface area contributed by atoms with Gasteiger partial charge in [0, 0.05) is 24.8 Å². The zero-order valence-electron chi connectivity index (χ0n) is 20.7. The van der Waals surface area contributed by atoms with Crippen molar-refractivity contribution >= 4 is 11.8 Å². The van der Waals surface area contributed by atoms with Crippen LogP contribution in [0.3, 0.4) is 0 Å². The summed E-state index contributed by atoms with van der Waals surface area (Å²) in [5, 5.41) is 10.6. The van der Waals surface area contributed by atoms with Crippen LogP contribution in [0.2, 0.25) is 0 Å². The van der Waals surface area contributed by atoms with Crippen molar-refractivity contribution < 1.29 is 9.47 Å². The van der Waals surface area contributed by atoms with Gasteiger partial charge in [0.1, 0.15) is 11.6 Å². The van der Waals surface area contributed by atoms with Crippen LogP contribution in [0.1, 0.15) is 75.1 Å². The first-order valence-electron chi connectivity index (χ1n) is 13.3. The molecule has 5 rings (SSSR count). The van der Waals surface area contributed by atoms with Gasteiger partial charge in [-0.15, -0.1) is 10.2 Å². The number of ether oxygens (including phenoxy) is 2. The van der Waals surface area contributed by atoms with E-state index in [4.69, 9.17) is 19.7 Å². The molecule has 1 aliphatic carbocycles. The van der Waals surface area contributed by atoms with E-state index >= 15 is 0 Å². The molecule has 3 aliphatic rings. The number of thioether (sulfide) groups is 1. The number of piperidine rings is 1. The van der Waals surface area contributed by atoms with E-state index in [1.807, 2.05) is 17.8 Å². The lowest BCUT2D eigenvalue weighted by Crippen LogP contribution is -2.33. The summed E-state index contributed by atoms with van der Waals surface area (Å²) in [4.78, 5) is 2.56. The average molecular weight is 485 g/mol. The first-order chi connectivity index (χ1) is 16.8. The van der Waals surface area contributed by atoms with Gasteiger partial charge in [-0.2, -0.15) is 0 Å². The number of rotatable bonds is 9. The highest BCUT2D eigenvalue weighted by Gasteiger charge is 2.29. The van der Waals surface area contributed by atoms with Gasteiger partial charge in [0.2, 0.25) is 0 Å². The summed E-state index contributed by atoms with van der Waals surface area (Å²) >= 11 is 1.94. The van der Waals surface area contributed by atoms with Crippen molar-refractivity contribution in [3.8, 4) is 5.75 Å². The first-order valence-corrected chi connectivity index (χ1v) is 14.3. The van der Waals surface area contributed by atoms with Gasteiger partial charge in [-0.25, -0.2) is 0 Å². The third-order valence-electron chi connectivity index (χ3n) is 7.82. The van der Waals surface area contributed by atoms with E-state index in [2.05, 4.69) is 27.7 Å². The molecule has 0 unspecified atom stereocenters. The summed E-state index contributed by atoms with van der Waals surface area (Å²) in [6, 6.07) is 8.45. The van der Waals surface area contributed by atoms with Crippen LogP contribution in [0.5, 0.6) is 5.75 Å². The number of benzene rings is 1. The van der Waals surface area contributed by atoms with Crippen molar-refractivity contribution in [3.05, 3.63) is 35.7 Å². The van der Waals surface area contributed by atoms with Gasteiger partial charge >= 0.3 is 0 Å². The molecule has 1 aromatic carbocycles. The third kappa shape index (κ3) is 6.16. The van der Waals surface area contributed by atoms with Crippen LogP contribution >= 0.6 is 11.8 Å². The Bertz CT molecular complexity index is 900. The number of hydrogen-bond donors (Lipinski definition) is 0. The fourth-order valence-electron chi connectivity index (χ4n) is 5.80. The number of aromatic nitrogens is 3. The Hall–Kier alpha value is -1.57. The van der Waals surface area contributed by atoms with Gasteiger partial charge in [-0.05, 0) is 75.2 Å². The Balaban J connectivity index is 1.22. The summed E-state index contributed by atoms with van der Waals surface area (Å²) < 4.78 is 13.9. The van der Waals surface area contributed by atoms with Gasteiger partial charge in [0.25, 0.3) is 0 Å². The van der Waals surface area contributed by atoms with Crippen LogP contribution in [0.15, 0.2) is 29.4 Å². The second-order valence-electron chi connectivity index (χ2n) is 10.3. The van der Waals surface area contributed by atoms with Gasteiger partial charge in [0.15, 0.2) is 5.16 Å². The summed E-state index contributed by atoms with van der Waals surface area (Å²) in [5.74, 6) is 4.65. The Morgan fingerprint density at radius 3 is 2.65 bits per heavy atom. The number of hydrogen-bond acceptors (Lipinski definition) is 6. The number of likely N-dealkylation sites (tertiary alicyclic amines) is 1. The molecule has 7 heteroatoms. The third-order valence-corrected chi connectivity index (χ3v) is 9.02. The first kappa shape index (κ1) is 24.1. The number of methoxy groups -OCH3 is 1. The predicted molar refractivity (Wildman–Crippen MR) is 137 cm³/mol. The maximum Gasteiger partial charge on any atom is 0.191 e. The second-order valence-corrected chi connectivity index (χ2v) is 11.3. The lowest BCUT2D eigenvalue weighted by Gasteiger charge is -2.32. The van der Waals surface area contributed by atoms with E-state index in [0.29, 0.717) is 12.0 Å². The van der Waals surface area contributed by atoms with Gasteiger partial charge in [0.05, 0.1) is 19.8 Å². The molecule has 3 heterocycles. The SMILES string of the molecule is COc1cccc(CN2CCC(c3nnc(SCC4CCCCC4)n3C[C@H]3CCCO3)CC2)c1. The maximum atomic E-state index is 6.02. The highest BCUT2D eigenvalue weighted by Crippen LogP contribution is 2.34. The molecule has 2 aliphatic heterocycles. The molecule has 0 amide bonds. The molecule has 0 radical (unpaired) electrons. The average Bonchev–Trinajstić information content (AvgIpc) is 3.54. The quantitative estimate of drug-likeness (QED) is 0.437. The number of nitrogens with zero attached hydrogens (tertiary/aromatic N) is 4. The molecule has 6 nitrogen and oxygen atoms in total. The zero-order chi connectivity index (χ0) is 23.2. The molecule has 2 aromatic rings. The molecule has 1 atom stereocenters. The molecule has 1 aromatic heterocycles. The summed E-state index contributed by atoms with van der Waals surface area (Å²) in [5.41, 5.74) is 1.32. The van der Waals surface area contributed by atoms with Crippen molar-refractivity contribution in [2.24, 2.45) is 5.92 Å². The fourth-order valence-corrected chi connectivity index (χ4v) is 6.94. The molecule has 186 valence electrons. The van der Waals surface area contributed by atoms with Crippen LogP contribution in [0.25, 0.3) is 0 Å². The Kier molecular flexibility index (Phi) is 8.46. The van der Waals surface area contributed by atoms with E-state index in [9.17, 15) is 0 Å². The molecular weight excluding hydrogens is 444 g/mol. The van der Waals surface area contributed by atoms with Gasteiger partial charge in [-0.1, -0.05) is 43.2 Å². The van der Waals surface area contributed by atoms with E-state index in [1.165, 1.54) is 55.7 Å². The Morgan fingerprint density at radius 1 is 1.03 bits per heavy atom. The van der Waals surface area contributed by atoms with Crippen LogP contribution in [0.4, 0.5) is 0 Å². The van der Waals surface area contributed by atoms with Crippen LogP contribution in [0, 0.1) is 5.92 Å². The summed E-state index contributed by atoms with van der Waals surface area (Å²) in [7, 11) is 1.74. The maximum absolute atomic E-state index is 6.02. The predicted octanol–water partition coefficient (Wildman–Crippen LogP) is 5.52. The van der Waals surface area contributed by atoms with E-state index < -0.39 is 0 Å². The van der Waals surface area contributed by atoms with Crippen molar-refractivity contribution in [2.75, 3.05) is 32.6 Å². The van der Waals surface area contributed by atoms with Crippen LogP contribution < -0.4 is 4.74 Å². The largest absolute Gasteiger partial charge is 0.497 e. The molecule has 1 saturated carbocycles. The van der Waals surface area contributed by atoms with Crippen molar-refractivity contribution in [3.63, 3.8) is 0 Å². The Labute approximate surface area is 208 Å².